The van der Waals surface area contributed by atoms with Gasteiger partial charge in [-0.15, -0.1) is 0 Å². The number of halogens is 2. The van der Waals surface area contributed by atoms with E-state index in [9.17, 15) is 4.79 Å². The summed E-state index contributed by atoms with van der Waals surface area (Å²) in [4.78, 5) is 11.8. The fraction of sp³-hybridized carbons (Fsp3) is 0.133. The summed E-state index contributed by atoms with van der Waals surface area (Å²) >= 11 is 9.38. The van der Waals surface area contributed by atoms with Crippen molar-refractivity contribution < 1.29 is 4.79 Å². The molecule has 1 atom stereocenters. The second-order valence-electron chi connectivity index (χ2n) is 4.64. The first kappa shape index (κ1) is 13.5. The topological polar surface area (TPSA) is 41.1 Å². The molecular formula is C15H12BrClN2O. The molecule has 0 bridgehead atoms. The maximum absolute atomic E-state index is 11.8. The van der Waals surface area contributed by atoms with Crippen molar-refractivity contribution in [2.45, 2.75) is 11.4 Å². The fourth-order valence-corrected chi connectivity index (χ4v) is 2.81. The Balaban J connectivity index is 2.08. The fourth-order valence-electron chi connectivity index (χ4n) is 2.33. The first-order valence-corrected chi connectivity index (χ1v) is 7.69. The van der Waals surface area contributed by atoms with Crippen LogP contribution in [0.4, 0.5) is 10.5 Å². The van der Waals surface area contributed by atoms with Gasteiger partial charge in [-0.3, -0.25) is 0 Å². The number of carbonyl (C=O) groups is 1. The van der Waals surface area contributed by atoms with E-state index in [-0.39, 0.29) is 12.1 Å². The van der Waals surface area contributed by atoms with E-state index in [1.165, 1.54) is 5.56 Å². The molecule has 102 valence electrons. The van der Waals surface area contributed by atoms with Crippen molar-refractivity contribution in [3.8, 4) is 0 Å². The molecule has 1 aliphatic rings. The van der Waals surface area contributed by atoms with Crippen LogP contribution in [0.2, 0.25) is 5.02 Å². The van der Waals surface area contributed by atoms with Gasteiger partial charge in [0.15, 0.2) is 0 Å². The second-order valence-corrected chi connectivity index (χ2v) is 5.64. The molecule has 3 nitrogen and oxygen atoms in total. The number of hydrogen-bond acceptors (Lipinski definition) is 1. The van der Waals surface area contributed by atoms with Crippen LogP contribution in [-0.4, -0.2) is 6.03 Å². The molecule has 0 aliphatic carbocycles. The van der Waals surface area contributed by atoms with Crippen molar-refractivity contribution in [3.63, 3.8) is 0 Å². The number of urea groups is 1. The molecule has 2 N–H and O–H groups in total. The summed E-state index contributed by atoms with van der Waals surface area (Å²) in [6.45, 7) is 0. The van der Waals surface area contributed by atoms with Crippen LogP contribution in [-0.2, 0) is 5.33 Å². The quantitative estimate of drug-likeness (QED) is 0.771. The number of hydrogen-bond donors (Lipinski definition) is 2. The summed E-state index contributed by atoms with van der Waals surface area (Å²) in [5, 5.41) is 7.25. The average molecular weight is 352 g/mol. The third-order valence-corrected chi connectivity index (χ3v) is 4.21. The van der Waals surface area contributed by atoms with Crippen LogP contribution in [0.1, 0.15) is 22.7 Å². The van der Waals surface area contributed by atoms with E-state index >= 15 is 0 Å². The van der Waals surface area contributed by atoms with Crippen molar-refractivity contribution in [1.82, 2.24) is 5.32 Å². The van der Waals surface area contributed by atoms with Crippen molar-refractivity contribution in [1.29, 1.82) is 0 Å². The van der Waals surface area contributed by atoms with Gasteiger partial charge >= 0.3 is 6.03 Å². The highest BCUT2D eigenvalue weighted by molar-refractivity contribution is 9.08. The van der Waals surface area contributed by atoms with Crippen molar-refractivity contribution in [2.24, 2.45) is 0 Å². The van der Waals surface area contributed by atoms with Crippen molar-refractivity contribution >= 4 is 39.2 Å². The Morgan fingerprint density at radius 2 is 1.90 bits per heavy atom. The molecule has 2 amide bonds. The molecule has 0 spiro atoms. The highest BCUT2D eigenvalue weighted by Gasteiger charge is 2.25. The molecule has 2 aromatic rings. The molecule has 0 radical (unpaired) electrons. The maximum Gasteiger partial charge on any atom is 0.320 e. The van der Waals surface area contributed by atoms with E-state index in [0.717, 1.165) is 22.1 Å². The Bertz CT molecular complexity index is 657. The largest absolute Gasteiger partial charge is 0.327 e. The van der Waals surface area contributed by atoms with E-state index in [1.807, 2.05) is 36.4 Å². The second kappa shape index (κ2) is 5.46. The standard InChI is InChI=1S/C15H12BrClN2O/c16-8-9-1-6-13-12(7-9)14(19-15(20)18-13)10-2-4-11(17)5-3-10/h1-7,14H,8H2,(H2,18,19,20). The number of carbonyl (C=O) groups excluding carboxylic acids is 1. The highest BCUT2D eigenvalue weighted by Crippen LogP contribution is 2.33. The molecule has 1 unspecified atom stereocenters. The van der Waals surface area contributed by atoms with Gasteiger partial charge in [-0.1, -0.05) is 51.8 Å². The smallest absolute Gasteiger partial charge is 0.320 e. The van der Waals surface area contributed by atoms with Crippen molar-refractivity contribution in [2.75, 3.05) is 5.32 Å². The maximum atomic E-state index is 11.8. The van der Waals surface area contributed by atoms with Crippen molar-refractivity contribution in [3.05, 3.63) is 64.2 Å². The van der Waals surface area contributed by atoms with Gasteiger partial charge in [0.05, 0.1) is 6.04 Å². The summed E-state index contributed by atoms with van der Waals surface area (Å²) in [5.41, 5.74) is 4.08. The lowest BCUT2D eigenvalue weighted by Crippen LogP contribution is -2.38. The lowest BCUT2D eigenvalue weighted by atomic mass is 9.94. The van der Waals surface area contributed by atoms with Gasteiger partial charge in [-0.05, 0) is 29.3 Å². The van der Waals surface area contributed by atoms with Gasteiger partial charge in [-0.2, -0.15) is 0 Å². The number of alkyl halides is 1. The van der Waals surface area contributed by atoms with Gasteiger partial charge in [0.2, 0.25) is 0 Å². The molecule has 1 heterocycles. The van der Waals surface area contributed by atoms with Crippen LogP contribution in [0.3, 0.4) is 0 Å². The third-order valence-electron chi connectivity index (χ3n) is 3.31. The van der Waals surface area contributed by atoms with E-state index in [0.29, 0.717) is 5.02 Å². The van der Waals surface area contributed by atoms with Crippen LogP contribution >= 0.6 is 27.5 Å². The predicted octanol–water partition coefficient (Wildman–Crippen LogP) is 4.46. The predicted molar refractivity (Wildman–Crippen MR) is 84.5 cm³/mol. The lowest BCUT2D eigenvalue weighted by Gasteiger charge is -2.28. The first-order valence-electron chi connectivity index (χ1n) is 6.19. The third kappa shape index (κ3) is 2.53. The summed E-state index contributed by atoms with van der Waals surface area (Å²) < 4.78 is 0. The number of benzene rings is 2. The minimum atomic E-state index is -0.191. The molecule has 5 heteroatoms. The van der Waals surface area contributed by atoms with Crippen LogP contribution in [0.25, 0.3) is 0 Å². The molecule has 20 heavy (non-hydrogen) atoms. The van der Waals surface area contributed by atoms with Crippen LogP contribution < -0.4 is 10.6 Å². The average Bonchev–Trinajstić information content (AvgIpc) is 2.47. The van der Waals surface area contributed by atoms with Gasteiger partial charge in [0.25, 0.3) is 0 Å². The van der Waals surface area contributed by atoms with E-state index in [4.69, 9.17) is 11.6 Å². The molecule has 0 aromatic heterocycles. The zero-order valence-corrected chi connectivity index (χ0v) is 12.8. The molecule has 2 aromatic carbocycles. The Morgan fingerprint density at radius 3 is 2.60 bits per heavy atom. The summed E-state index contributed by atoms with van der Waals surface area (Å²) in [6, 6.07) is 13.2. The minimum Gasteiger partial charge on any atom is -0.327 e. The molecule has 0 fully saturated rings. The Labute approximate surface area is 130 Å². The van der Waals surface area contributed by atoms with Crippen LogP contribution in [0.5, 0.6) is 0 Å². The number of fused-ring (bicyclic) bond motifs is 1. The molecule has 0 saturated heterocycles. The van der Waals surface area contributed by atoms with Gasteiger partial charge in [0.1, 0.15) is 0 Å². The molecule has 3 rings (SSSR count). The Morgan fingerprint density at radius 1 is 1.15 bits per heavy atom. The summed E-state index contributed by atoms with van der Waals surface area (Å²) in [5.74, 6) is 0. The first-order chi connectivity index (χ1) is 9.67. The van der Waals surface area contributed by atoms with Gasteiger partial charge in [-0.25, -0.2) is 4.79 Å². The molecule has 0 saturated carbocycles. The highest BCUT2D eigenvalue weighted by atomic mass is 79.9. The van der Waals surface area contributed by atoms with Gasteiger partial charge in [0, 0.05) is 21.6 Å². The SMILES string of the molecule is O=C1Nc2ccc(CBr)cc2C(c2ccc(Cl)cc2)N1. The number of nitrogens with one attached hydrogen (secondary N) is 2. The Kier molecular flexibility index (Phi) is 3.68. The van der Waals surface area contributed by atoms with E-state index in [1.54, 1.807) is 0 Å². The van der Waals surface area contributed by atoms with Gasteiger partial charge < -0.3 is 10.6 Å². The lowest BCUT2D eigenvalue weighted by molar-refractivity contribution is 0.249. The molecule has 1 aliphatic heterocycles. The zero-order chi connectivity index (χ0) is 14.1. The zero-order valence-electron chi connectivity index (χ0n) is 10.5. The van der Waals surface area contributed by atoms with E-state index < -0.39 is 0 Å². The minimum absolute atomic E-state index is 0.157. The number of amides is 2. The van der Waals surface area contributed by atoms with E-state index in [2.05, 4.69) is 32.6 Å². The monoisotopic (exact) mass is 350 g/mol. The summed E-state index contributed by atoms with van der Waals surface area (Å²) in [7, 11) is 0. The molecular weight excluding hydrogens is 340 g/mol. The number of rotatable bonds is 2. The normalized spacial score (nSPS) is 17.1. The van der Waals surface area contributed by atoms with Crippen LogP contribution in [0, 0.1) is 0 Å². The summed E-state index contributed by atoms with van der Waals surface area (Å²) in [6.07, 6.45) is 0. The Hall–Kier alpha value is -1.52. The number of anilines is 1. The van der Waals surface area contributed by atoms with Crippen LogP contribution in [0.15, 0.2) is 42.5 Å².